The fourth-order valence-corrected chi connectivity index (χ4v) is 2.01. The maximum atomic E-state index is 11.8. The molecule has 0 aromatic carbocycles. The summed E-state index contributed by atoms with van der Waals surface area (Å²) in [6.07, 6.45) is -0.284. The SMILES string of the molecule is CC1CNCC1C(=O)N1CC(O)C1. The zero-order valence-corrected chi connectivity index (χ0v) is 7.86. The summed E-state index contributed by atoms with van der Waals surface area (Å²) in [5, 5.41) is 12.3. The van der Waals surface area contributed by atoms with E-state index in [9.17, 15) is 4.79 Å². The van der Waals surface area contributed by atoms with E-state index in [-0.39, 0.29) is 17.9 Å². The maximum Gasteiger partial charge on any atom is 0.227 e. The number of rotatable bonds is 1. The Kier molecular flexibility index (Phi) is 2.26. The van der Waals surface area contributed by atoms with Crippen molar-refractivity contribution in [3.8, 4) is 0 Å². The minimum Gasteiger partial charge on any atom is -0.389 e. The minimum atomic E-state index is -0.284. The summed E-state index contributed by atoms with van der Waals surface area (Å²) in [7, 11) is 0. The van der Waals surface area contributed by atoms with Crippen molar-refractivity contribution in [1.82, 2.24) is 10.2 Å². The molecule has 2 unspecified atom stereocenters. The van der Waals surface area contributed by atoms with E-state index in [1.807, 2.05) is 0 Å². The number of β-amino-alcohol motifs (C(OH)–C–C–N with tert-alkyl or cyclic N) is 1. The van der Waals surface area contributed by atoms with Gasteiger partial charge in [0.05, 0.1) is 12.0 Å². The molecule has 4 nitrogen and oxygen atoms in total. The predicted octanol–water partition coefficient (Wildman–Crippen LogP) is -0.955. The molecule has 0 aromatic heterocycles. The lowest BCUT2D eigenvalue weighted by Crippen LogP contribution is -2.56. The van der Waals surface area contributed by atoms with Crippen LogP contribution in [0, 0.1) is 11.8 Å². The molecule has 2 aliphatic rings. The van der Waals surface area contributed by atoms with Crippen molar-refractivity contribution in [3.05, 3.63) is 0 Å². The van der Waals surface area contributed by atoms with E-state index < -0.39 is 0 Å². The first-order valence-electron chi connectivity index (χ1n) is 4.86. The first kappa shape index (κ1) is 8.97. The number of nitrogens with one attached hydrogen (secondary N) is 1. The van der Waals surface area contributed by atoms with Crippen molar-refractivity contribution in [3.63, 3.8) is 0 Å². The molecule has 2 atom stereocenters. The summed E-state index contributed by atoms with van der Waals surface area (Å²) in [6, 6.07) is 0. The lowest BCUT2D eigenvalue weighted by molar-refractivity contribution is -0.146. The highest BCUT2D eigenvalue weighted by Gasteiger charge is 2.37. The van der Waals surface area contributed by atoms with Crippen LogP contribution >= 0.6 is 0 Å². The Morgan fingerprint density at radius 2 is 2.15 bits per heavy atom. The van der Waals surface area contributed by atoms with Crippen molar-refractivity contribution in [1.29, 1.82) is 0 Å². The van der Waals surface area contributed by atoms with E-state index in [0.717, 1.165) is 13.1 Å². The molecule has 1 amide bonds. The standard InChI is InChI=1S/C9H16N2O2/c1-6-2-10-3-8(6)9(13)11-4-7(12)5-11/h6-8,10,12H,2-5H2,1H3. The van der Waals surface area contributed by atoms with Gasteiger partial charge >= 0.3 is 0 Å². The van der Waals surface area contributed by atoms with E-state index in [4.69, 9.17) is 5.11 Å². The Labute approximate surface area is 77.9 Å². The monoisotopic (exact) mass is 184 g/mol. The molecule has 2 heterocycles. The van der Waals surface area contributed by atoms with E-state index in [0.29, 0.717) is 19.0 Å². The van der Waals surface area contributed by atoms with Crippen molar-refractivity contribution in [2.45, 2.75) is 13.0 Å². The molecule has 2 N–H and O–H groups in total. The average Bonchev–Trinajstić information content (AvgIpc) is 2.44. The number of nitrogens with zero attached hydrogens (tertiary/aromatic N) is 1. The lowest BCUT2D eigenvalue weighted by Gasteiger charge is -2.38. The van der Waals surface area contributed by atoms with Crippen LogP contribution in [-0.4, -0.2) is 48.2 Å². The summed E-state index contributed by atoms with van der Waals surface area (Å²) in [5.74, 6) is 0.778. The van der Waals surface area contributed by atoms with Crippen LogP contribution in [-0.2, 0) is 4.79 Å². The fourth-order valence-electron chi connectivity index (χ4n) is 2.01. The van der Waals surface area contributed by atoms with E-state index in [1.54, 1.807) is 4.90 Å². The van der Waals surface area contributed by atoms with Crippen LogP contribution in [0.2, 0.25) is 0 Å². The van der Waals surface area contributed by atoms with Crippen LogP contribution in [0.25, 0.3) is 0 Å². The van der Waals surface area contributed by atoms with Gasteiger partial charge in [-0.3, -0.25) is 4.79 Å². The molecule has 13 heavy (non-hydrogen) atoms. The average molecular weight is 184 g/mol. The molecule has 0 spiro atoms. The quantitative estimate of drug-likeness (QED) is 0.552. The second-order valence-corrected chi connectivity index (χ2v) is 4.14. The third-order valence-electron chi connectivity index (χ3n) is 3.01. The molecule has 0 aliphatic carbocycles. The van der Waals surface area contributed by atoms with Gasteiger partial charge in [-0.15, -0.1) is 0 Å². The number of likely N-dealkylation sites (tertiary alicyclic amines) is 1. The van der Waals surface area contributed by atoms with Gasteiger partial charge in [0.25, 0.3) is 0 Å². The molecule has 0 radical (unpaired) electrons. The van der Waals surface area contributed by atoms with Crippen LogP contribution in [0.1, 0.15) is 6.92 Å². The Morgan fingerprint density at radius 3 is 2.62 bits per heavy atom. The number of hydrogen-bond donors (Lipinski definition) is 2. The van der Waals surface area contributed by atoms with E-state index >= 15 is 0 Å². The molecule has 0 aromatic rings. The third kappa shape index (κ3) is 1.56. The Morgan fingerprint density at radius 1 is 1.46 bits per heavy atom. The van der Waals surface area contributed by atoms with Crippen LogP contribution in [0.3, 0.4) is 0 Å². The van der Waals surface area contributed by atoms with Crippen molar-refractivity contribution >= 4 is 5.91 Å². The first-order valence-corrected chi connectivity index (χ1v) is 4.86. The van der Waals surface area contributed by atoms with Crippen LogP contribution in [0.4, 0.5) is 0 Å². The number of hydrogen-bond acceptors (Lipinski definition) is 3. The molecular weight excluding hydrogens is 168 g/mol. The van der Waals surface area contributed by atoms with Gasteiger partial charge in [0.2, 0.25) is 5.91 Å². The van der Waals surface area contributed by atoms with E-state index in [1.165, 1.54) is 0 Å². The lowest BCUT2D eigenvalue weighted by atomic mass is 9.95. The zero-order valence-electron chi connectivity index (χ0n) is 7.86. The normalized spacial score (nSPS) is 34.8. The highest BCUT2D eigenvalue weighted by Crippen LogP contribution is 2.21. The van der Waals surface area contributed by atoms with Gasteiger partial charge < -0.3 is 15.3 Å². The van der Waals surface area contributed by atoms with Crippen molar-refractivity contribution < 1.29 is 9.90 Å². The van der Waals surface area contributed by atoms with E-state index in [2.05, 4.69) is 12.2 Å². The van der Waals surface area contributed by atoms with Crippen LogP contribution < -0.4 is 5.32 Å². The second kappa shape index (κ2) is 3.27. The molecular formula is C9H16N2O2. The number of aliphatic hydroxyl groups excluding tert-OH is 1. The van der Waals surface area contributed by atoms with Crippen molar-refractivity contribution in [2.24, 2.45) is 11.8 Å². The Hall–Kier alpha value is -0.610. The Balaban J connectivity index is 1.89. The van der Waals surface area contributed by atoms with Gasteiger partial charge in [0.1, 0.15) is 0 Å². The maximum absolute atomic E-state index is 11.8. The number of carbonyl (C=O) groups excluding carboxylic acids is 1. The molecule has 2 rings (SSSR count). The molecule has 0 saturated carbocycles. The second-order valence-electron chi connectivity index (χ2n) is 4.14. The summed E-state index contributed by atoms with van der Waals surface area (Å²) in [5.41, 5.74) is 0. The highest BCUT2D eigenvalue weighted by molar-refractivity contribution is 5.80. The summed E-state index contributed by atoms with van der Waals surface area (Å²) >= 11 is 0. The summed E-state index contributed by atoms with van der Waals surface area (Å²) in [4.78, 5) is 13.5. The van der Waals surface area contributed by atoms with Gasteiger partial charge in [-0.05, 0) is 12.5 Å². The smallest absolute Gasteiger partial charge is 0.227 e. The predicted molar refractivity (Wildman–Crippen MR) is 48.1 cm³/mol. The number of carbonyl (C=O) groups is 1. The third-order valence-corrected chi connectivity index (χ3v) is 3.01. The van der Waals surface area contributed by atoms with Gasteiger partial charge in [0.15, 0.2) is 0 Å². The Bertz CT molecular complexity index is 214. The van der Waals surface area contributed by atoms with Crippen LogP contribution in [0.5, 0.6) is 0 Å². The highest BCUT2D eigenvalue weighted by atomic mass is 16.3. The zero-order chi connectivity index (χ0) is 9.42. The molecule has 2 aliphatic heterocycles. The molecule has 0 bridgehead atoms. The number of aliphatic hydroxyl groups is 1. The topological polar surface area (TPSA) is 52.6 Å². The summed E-state index contributed by atoms with van der Waals surface area (Å²) < 4.78 is 0. The minimum absolute atomic E-state index is 0.132. The van der Waals surface area contributed by atoms with Gasteiger partial charge in [0, 0.05) is 19.6 Å². The molecule has 2 saturated heterocycles. The number of amides is 1. The molecule has 2 fully saturated rings. The first-order chi connectivity index (χ1) is 6.18. The van der Waals surface area contributed by atoms with Crippen molar-refractivity contribution in [2.75, 3.05) is 26.2 Å². The van der Waals surface area contributed by atoms with Gasteiger partial charge in [-0.25, -0.2) is 0 Å². The molecule has 74 valence electrons. The van der Waals surface area contributed by atoms with Crippen LogP contribution in [0.15, 0.2) is 0 Å². The largest absolute Gasteiger partial charge is 0.389 e. The van der Waals surface area contributed by atoms with Gasteiger partial charge in [-0.1, -0.05) is 6.92 Å². The van der Waals surface area contributed by atoms with Gasteiger partial charge in [-0.2, -0.15) is 0 Å². The fraction of sp³-hybridized carbons (Fsp3) is 0.889. The molecule has 4 heteroatoms. The summed E-state index contributed by atoms with van der Waals surface area (Å²) in [6.45, 7) is 4.89.